The van der Waals surface area contributed by atoms with Gasteiger partial charge in [-0.25, -0.2) is 19.3 Å². The zero-order valence-corrected chi connectivity index (χ0v) is 13.2. The molecule has 126 valence electrons. The van der Waals surface area contributed by atoms with E-state index in [4.69, 9.17) is 9.47 Å². The van der Waals surface area contributed by atoms with Crippen LogP contribution in [0.4, 0.5) is 10.5 Å². The molecule has 0 aromatic heterocycles. The topological polar surface area (TPSA) is 102 Å². The number of imide groups is 1. The Balaban J connectivity index is 2.47. The van der Waals surface area contributed by atoms with Crippen LogP contribution in [-0.2, 0) is 23.9 Å². The predicted molar refractivity (Wildman–Crippen MR) is 82.8 cm³/mol. The van der Waals surface area contributed by atoms with E-state index in [1.807, 2.05) is 0 Å². The zero-order valence-electron chi connectivity index (χ0n) is 13.2. The van der Waals surface area contributed by atoms with E-state index in [1.165, 1.54) is 0 Å². The van der Waals surface area contributed by atoms with Gasteiger partial charge in [-0.15, -0.1) is 0 Å². The van der Waals surface area contributed by atoms with Gasteiger partial charge >= 0.3 is 18.0 Å². The van der Waals surface area contributed by atoms with Gasteiger partial charge in [0.2, 0.25) is 0 Å². The Morgan fingerprint density at radius 3 is 2.04 bits per heavy atom. The summed E-state index contributed by atoms with van der Waals surface area (Å²) in [7, 11) is 0. The van der Waals surface area contributed by atoms with Crippen molar-refractivity contribution in [1.82, 2.24) is 5.32 Å². The third kappa shape index (κ3) is 3.27. The lowest BCUT2D eigenvalue weighted by atomic mass is 10.2. The summed E-state index contributed by atoms with van der Waals surface area (Å²) in [4.78, 5) is 49.6. The van der Waals surface area contributed by atoms with Gasteiger partial charge in [0.25, 0.3) is 5.91 Å². The number of carbonyl (C=O) groups excluding carboxylic acids is 4. The maximum absolute atomic E-state index is 12.5. The number of hydrogen-bond donors (Lipinski definition) is 1. The SMILES string of the molecule is CCOC(=O)C(C(=O)OCC)=C1NC(=O)N(c2ccccc2)C1=O. The Morgan fingerprint density at radius 1 is 1.00 bits per heavy atom. The first-order chi connectivity index (χ1) is 11.5. The van der Waals surface area contributed by atoms with Crippen molar-refractivity contribution in [3.05, 3.63) is 41.6 Å². The molecule has 1 heterocycles. The monoisotopic (exact) mass is 332 g/mol. The highest BCUT2D eigenvalue weighted by molar-refractivity contribution is 6.31. The van der Waals surface area contributed by atoms with Crippen LogP contribution >= 0.6 is 0 Å². The minimum absolute atomic E-state index is 0.000442. The van der Waals surface area contributed by atoms with Crippen LogP contribution < -0.4 is 10.2 Å². The number of rotatable bonds is 5. The van der Waals surface area contributed by atoms with E-state index >= 15 is 0 Å². The van der Waals surface area contributed by atoms with Crippen LogP contribution in [0, 0.1) is 0 Å². The van der Waals surface area contributed by atoms with Gasteiger partial charge < -0.3 is 14.8 Å². The Bertz CT molecular complexity index is 691. The normalized spacial score (nSPS) is 13.6. The lowest BCUT2D eigenvalue weighted by Crippen LogP contribution is -2.30. The van der Waals surface area contributed by atoms with Crippen LogP contribution in [0.3, 0.4) is 0 Å². The summed E-state index contributed by atoms with van der Waals surface area (Å²) in [6.07, 6.45) is 0. The summed E-state index contributed by atoms with van der Waals surface area (Å²) in [5.41, 5.74) is -0.779. The summed E-state index contributed by atoms with van der Waals surface area (Å²) in [6.45, 7) is 3.10. The van der Waals surface area contributed by atoms with Crippen LogP contribution in [0.5, 0.6) is 0 Å². The predicted octanol–water partition coefficient (Wildman–Crippen LogP) is 1.12. The molecule has 1 aromatic rings. The lowest BCUT2D eigenvalue weighted by molar-refractivity contribution is -0.147. The molecule has 8 heteroatoms. The van der Waals surface area contributed by atoms with Crippen molar-refractivity contribution < 1.29 is 28.7 Å². The average molecular weight is 332 g/mol. The molecule has 8 nitrogen and oxygen atoms in total. The molecule has 0 aliphatic carbocycles. The number of benzene rings is 1. The summed E-state index contributed by atoms with van der Waals surface area (Å²) in [5.74, 6) is -2.90. The number of anilines is 1. The molecular weight excluding hydrogens is 316 g/mol. The number of para-hydroxylation sites is 1. The fraction of sp³-hybridized carbons (Fsp3) is 0.250. The van der Waals surface area contributed by atoms with Crippen molar-refractivity contribution in [3.8, 4) is 0 Å². The van der Waals surface area contributed by atoms with Crippen molar-refractivity contribution in [1.29, 1.82) is 0 Å². The molecule has 24 heavy (non-hydrogen) atoms. The van der Waals surface area contributed by atoms with Gasteiger partial charge in [-0.05, 0) is 26.0 Å². The largest absolute Gasteiger partial charge is 0.462 e. The molecule has 0 unspecified atom stereocenters. The summed E-state index contributed by atoms with van der Waals surface area (Å²) >= 11 is 0. The van der Waals surface area contributed by atoms with Crippen LogP contribution in [0.25, 0.3) is 0 Å². The Morgan fingerprint density at radius 2 is 1.54 bits per heavy atom. The molecule has 0 atom stereocenters. The highest BCUT2D eigenvalue weighted by Crippen LogP contribution is 2.23. The van der Waals surface area contributed by atoms with E-state index < -0.39 is 35.1 Å². The number of esters is 2. The average Bonchev–Trinajstić information content (AvgIpc) is 2.83. The number of nitrogens with zero attached hydrogens (tertiary/aromatic N) is 1. The van der Waals surface area contributed by atoms with E-state index in [0.29, 0.717) is 5.69 Å². The third-order valence-corrected chi connectivity index (χ3v) is 3.08. The zero-order chi connectivity index (χ0) is 17.7. The first-order valence-corrected chi connectivity index (χ1v) is 7.30. The number of amides is 3. The lowest BCUT2D eigenvalue weighted by Gasteiger charge is -2.11. The van der Waals surface area contributed by atoms with Crippen LogP contribution in [-0.4, -0.2) is 37.1 Å². The Labute approximate surface area is 138 Å². The number of hydrogen-bond acceptors (Lipinski definition) is 6. The first kappa shape index (κ1) is 17.2. The van der Waals surface area contributed by atoms with E-state index in [9.17, 15) is 19.2 Å². The molecule has 1 N–H and O–H groups in total. The summed E-state index contributed by atoms with van der Waals surface area (Å²) in [6, 6.07) is 7.35. The quantitative estimate of drug-likeness (QED) is 0.285. The Kier molecular flexibility index (Phi) is 5.31. The molecule has 0 spiro atoms. The van der Waals surface area contributed by atoms with E-state index in [2.05, 4.69) is 5.32 Å². The third-order valence-electron chi connectivity index (χ3n) is 3.08. The number of carbonyl (C=O) groups is 4. The highest BCUT2D eigenvalue weighted by atomic mass is 16.6. The maximum atomic E-state index is 12.5. The molecule has 1 aliphatic rings. The van der Waals surface area contributed by atoms with Gasteiger partial charge in [-0.2, -0.15) is 0 Å². The molecule has 1 aromatic carbocycles. The van der Waals surface area contributed by atoms with Crippen molar-refractivity contribution in [2.75, 3.05) is 18.1 Å². The van der Waals surface area contributed by atoms with E-state index in [0.717, 1.165) is 4.90 Å². The van der Waals surface area contributed by atoms with Crippen LogP contribution in [0.1, 0.15) is 13.8 Å². The second kappa shape index (κ2) is 7.40. The summed E-state index contributed by atoms with van der Waals surface area (Å²) in [5, 5.41) is 2.25. The van der Waals surface area contributed by atoms with Gasteiger partial charge in [0.05, 0.1) is 18.9 Å². The molecule has 1 saturated heterocycles. The van der Waals surface area contributed by atoms with Gasteiger partial charge in [0.1, 0.15) is 5.70 Å². The second-order valence-electron chi connectivity index (χ2n) is 4.60. The molecule has 0 radical (unpaired) electrons. The Hall–Kier alpha value is -3.16. The van der Waals surface area contributed by atoms with Crippen LogP contribution in [0.2, 0.25) is 0 Å². The number of ether oxygens (including phenoxy) is 2. The minimum Gasteiger partial charge on any atom is -0.462 e. The minimum atomic E-state index is -1.03. The highest BCUT2D eigenvalue weighted by Gasteiger charge is 2.41. The second-order valence-corrected chi connectivity index (χ2v) is 4.60. The molecule has 0 bridgehead atoms. The van der Waals surface area contributed by atoms with Gasteiger partial charge in [-0.1, -0.05) is 18.2 Å². The fourth-order valence-corrected chi connectivity index (χ4v) is 2.10. The van der Waals surface area contributed by atoms with Crippen molar-refractivity contribution in [2.45, 2.75) is 13.8 Å². The number of urea groups is 1. The van der Waals surface area contributed by atoms with Crippen molar-refractivity contribution >= 4 is 29.6 Å². The van der Waals surface area contributed by atoms with Crippen LogP contribution in [0.15, 0.2) is 41.6 Å². The maximum Gasteiger partial charge on any atom is 0.347 e. The van der Waals surface area contributed by atoms with Gasteiger partial charge in [-0.3, -0.25) is 4.79 Å². The number of nitrogens with one attached hydrogen (secondary N) is 1. The van der Waals surface area contributed by atoms with Crippen molar-refractivity contribution in [2.24, 2.45) is 0 Å². The molecule has 0 saturated carbocycles. The van der Waals surface area contributed by atoms with E-state index in [-0.39, 0.29) is 13.2 Å². The van der Waals surface area contributed by atoms with Gasteiger partial charge in [0.15, 0.2) is 5.57 Å². The van der Waals surface area contributed by atoms with Crippen molar-refractivity contribution in [3.63, 3.8) is 0 Å². The fourth-order valence-electron chi connectivity index (χ4n) is 2.10. The molecular formula is C16H16N2O6. The van der Waals surface area contributed by atoms with Gasteiger partial charge in [0, 0.05) is 0 Å². The van der Waals surface area contributed by atoms with E-state index in [1.54, 1.807) is 44.2 Å². The molecule has 1 fully saturated rings. The smallest absolute Gasteiger partial charge is 0.347 e. The molecule has 3 amide bonds. The molecule has 1 aliphatic heterocycles. The standard InChI is InChI=1S/C16H16N2O6/c1-3-23-14(20)11(15(21)24-4-2)12-13(19)18(16(22)17-12)10-8-6-5-7-9-10/h5-9H,3-4H2,1-2H3,(H,17,22). The summed E-state index contributed by atoms with van der Waals surface area (Å²) < 4.78 is 9.58. The first-order valence-electron chi connectivity index (χ1n) is 7.30. The molecule has 2 rings (SSSR count).